The van der Waals surface area contributed by atoms with Gasteiger partial charge in [0.1, 0.15) is 0 Å². The van der Waals surface area contributed by atoms with Crippen molar-refractivity contribution in [2.45, 2.75) is 52.4 Å². The van der Waals surface area contributed by atoms with Gasteiger partial charge in [-0.25, -0.2) is 0 Å². The zero-order chi connectivity index (χ0) is 9.83. The van der Waals surface area contributed by atoms with Crippen molar-refractivity contribution in [3.8, 4) is 0 Å². The van der Waals surface area contributed by atoms with Gasteiger partial charge in [0.25, 0.3) is 0 Å². The maximum absolute atomic E-state index is 5.82. The van der Waals surface area contributed by atoms with Gasteiger partial charge in [0.2, 0.25) is 0 Å². The Morgan fingerprint density at radius 1 is 1.25 bits per heavy atom. The van der Waals surface area contributed by atoms with Gasteiger partial charge in [-0.2, -0.15) is 0 Å². The standard InChI is InChI=1S/C10H25NSi/c1-6-7-10(2,8-11)9-12(3,4)5/h6-9,11H2,1-5H3. The average molecular weight is 187 g/mol. The highest BCUT2D eigenvalue weighted by molar-refractivity contribution is 6.76. The molecule has 0 aromatic heterocycles. The van der Waals surface area contributed by atoms with E-state index in [2.05, 4.69) is 33.5 Å². The molecule has 0 radical (unpaired) electrons. The minimum absolute atomic E-state index is 0.416. The summed E-state index contributed by atoms with van der Waals surface area (Å²) in [6.45, 7) is 12.7. The molecule has 0 rings (SSSR count). The molecule has 0 bridgehead atoms. The Hall–Kier alpha value is 0.177. The van der Waals surface area contributed by atoms with E-state index < -0.39 is 8.07 Å². The Kier molecular flexibility index (Phi) is 4.49. The Balaban J connectivity index is 4.14. The van der Waals surface area contributed by atoms with Crippen molar-refractivity contribution in [1.29, 1.82) is 0 Å². The van der Waals surface area contributed by atoms with Crippen molar-refractivity contribution in [2.24, 2.45) is 11.1 Å². The van der Waals surface area contributed by atoms with Crippen LogP contribution in [-0.2, 0) is 0 Å². The molecule has 0 aliphatic rings. The lowest BCUT2D eigenvalue weighted by atomic mass is 9.88. The zero-order valence-electron chi connectivity index (χ0n) is 9.41. The van der Waals surface area contributed by atoms with Crippen LogP contribution in [0, 0.1) is 5.41 Å². The molecule has 74 valence electrons. The van der Waals surface area contributed by atoms with Gasteiger partial charge in [0.05, 0.1) is 0 Å². The van der Waals surface area contributed by atoms with E-state index in [9.17, 15) is 0 Å². The first-order chi connectivity index (χ1) is 5.33. The third kappa shape index (κ3) is 4.94. The van der Waals surface area contributed by atoms with E-state index in [0.29, 0.717) is 5.41 Å². The SMILES string of the molecule is CCCC(C)(CN)C[Si](C)(C)C. The summed E-state index contributed by atoms with van der Waals surface area (Å²) in [5, 5.41) is 0. The second-order valence-electron chi connectivity index (χ2n) is 5.50. The molecule has 2 N–H and O–H groups in total. The summed E-state index contributed by atoms with van der Waals surface area (Å²) >= 11 is 0. The molecule has 0 aliphatic heterocycles. The minimum Gasteiger partial charge on any atom is -0.330 e. The Labute approximate surface area is 78.7 Å². The first kappa shape index (κ1) is 12.2. The van der Waals surface area contributed by atoms with Gasteiger partial charge < -0.3 is 5.73 Å². The zero-order valence-corrected chi connectivity index (χ0v) is 10.4. The summed E-state index contributed by atoms with van der Waals surface area (Å²) in [5.74, 6) is 0. The summed E-state index contributed by atoms with van der Waals surface area (Å²) in [5.41, 5.74) is 6.24. The van der Waals surface area contributed by atoms with Crippen LogP contribution in [-0.4, -0.2) is 14.6 Å². The van der Waals surface area contributed by atoms with E-state index in [1.165, 1.54) is 18.9 Å². The molecule has 1 nitrogen and oxygen atoms in total. The van der Waals surface area contributed by atoms with E-state index in [-0.39, 0.29) is 0 Å². The fourth-order valence-corrected chi connectivity index (χ4v) is 5.03. The van der Waals surface area contributed by atoms with Crippen LogP contribution in [0.4, 0.5) is 0 Å². The minimum atomic E-state index is -0.931. The lowest BCUT2D eigenvalue weighted by Gasteiger charge is -2.33. The Morgan fingerprint density at radius 2 is 1.75 bits per heavy atom. The maximum atomic E-state index is 5.82. The summed E-state index contributed by atoms with van der Waals surface area (Å²) in [6, 6.07) is 1.37. The van der Waals surface area contributed by atoms with Crippen molar-refractivity contribution in [3.05, 3.63) is 0 Å². The van der Waals surface area contributed by atoms with E-state index in [4.69, 9.17) is 5.73 Å². The smallest absolute Gasteiger partial charge is 0.0448 e. The molecule has 0 saturated heterocycles. The highest BCUT2D eigenvalue weighted by Gasteiger charge is 2.28. The molecule has 0 heterocycles. The van der Waals surface area contributed by atoms with E-state index in [0.717, 1.165) is 6.54 Å². The van der Waals surface area contributed by atoms with E-state index in [1.54, 1.807) is 0 Å². The van der Waals surface area contributed by atoms with Gasteiger partial charge in [0.15, 0.2) is 0 Å². The number of hydrogen-bond acceptors (Lipinski definition) is 1. The molecule has 2 heteroatoms. The largest absolute Gasteiger partial charge is 0.330 e. The molecular weight excluding hydrogens is 162 g/mol. The molecule has 0 saturated carbocycles. The predicted molar refractivity (Wildman–Crippen MR) is 60.2 cm³/mol. The van der Waals surface area contributed by atoms with Gasteiger partial charge in [-0.05, 0) is 18.4 Å². The fraction of sp³-hybridized carbons (Fsp3) is 1.00. The number of rotatable bonds is 5. The van der Waals surface area contributed by atoms with Crippen molar-refractivity contribution in [2.75, 3.05) is 6.54 Å². The molecule has 0 aliphatic carbocycles. The predicted octanol–water partition coefficient (Wildman–Crippen LogP) is 3.09. The Bertz CT molecular complexity index is 128. The van der Waals surface area contributed by atoms with Crippen LogP contribution in [0.15, 0.2) is 0 Å². The molecule has 1 unspecified atom stereocenters. The van der Waals surface area contributed by atoms with Gasteiger partial charge in [-0.1, -0.05) is 46.0 Å². The van der Waals surface area contributed by atoms with Crippen LogP contribution in [0.5, 0.6) is 0 Å². The van der Waals surface area contributed by atoms with Crippen LogP contribution < -0.4 is 5.73 Å². The van der Waals surface area contributed by atoms with Crippen molar-refractivity contribution < 1.29 is 0 Å². The normalized spacial score (nSPS) is 17.5. The van der Waals surface area contributed by atoms with Gasteiger partial charge in [0, 0.05) is 8.07 Å². The molecule has 1 atom stereocenters. The highest BCUT2D eigenvalue weighted by atomic mass is 28.3. The van der Waals surface area contributed by atoms with Gasteiger partial charge >= 0.3 is 0 Å². The third-order valence-corrected chi connectivity index (χ3v) is 4.22. The lowest BCUT2D eigenvalue weighted by Crippen LogP contribution is -2.35. The first-order valence-corrected chi connectivity index (χ1v) is 8.74. The summed E-state index contributed by atoms with van der Waals surface area (Å²) < 4.78 is 0. The van der Waals surface area contributed by atoms with Crippen molar-refractivity contribution in [1.82, 2.24) is 0 Å². The highest BCUT2D eigenvalue weighted by Crippen LogP contribution is 2.32. The molecule has 0 aromatic carbocycles. The topological polar surface area (TPSA) is 26.0 Å². The van der Waals surface area contributed by atoms with Crippen LogP contribution in [0.1, 0.15) is 26.7 Å². The van der Waals surface area contributed by atoms with Gasteiger partial charge in [-0.15, -0.1) is 0 Å². The first-order valence-electron chi connectivity index (χ1n) is 5.03. The average Bonchev–Trinajstić information content (AvgIpc) is 1.84. The summed E-state index contributed by atoms with van der Waals surface area (Å²) in [4.78, 5) is 0. The third-order valence-electron chi connectivity index (χ3n) is 2.30. The summed E-state index contributed by atoms with van der Waals surface area (Å²) in [7, 11) is -0.931. The molecule has 0 aromatic rings. The molecule has 12 heavy (non-hydrogen) atoms. The molecule has 0 amide bonds. The second kappa shape index (κ2) is 4.42. The molecule has 0 fully saturated rings. The Morgan fingerprint density at radius 3 is 2.00 bits per heavy atom. The number of hydrogen-bond donors (Lipinski definition) is 1. The van der Waals surface area contributed by atoms with Crippen LogP contribution in [0.3, 0.4) is 0 Å². The van der Waals surface area contributed by atoms with Crippen LogP contribution in [0.25, 0.3) is 0 Å². The van der Waals surface area contributed by atoms with E-state index in [1.807, 2.05) is 0 Å². The molecule has 0 spiro atoms. The van der Waals surface area contributed by atoms with Crippen LogP contribution in [0.2, 0.25) is 25.7 Å². The lowest BCUT2D eigenvalue weighted by molar-refractivity contribution is 0.339. The summed E-state index contributed by atoms with van der Waals surface area (Å²) in [6.07, 6.45) is 2.55. The van der Waals surface area contributed by atoms with Crippen molar-refractivity contribution in [3.63, 3.8) is 0 Å². The van der Waals surface area contributed by atoms with Gasteiger partial charge in [-0.3, -0.25) is 0 Å². The fourth-order valence-electron chi connectivity index (χ4n) is 2.15. The number of nitrogens with two attached hydrogens (primary N) is 1. The quantitative estimate of drug-likeness (QED) is 0.658. The van der Waals surface area contributed by atoms with Crippen molar-refractivity contribution >= 4 is 8.07 Å². The van der Waals surface area contributed by atoms with Crippen LogP contribution >= 0.6 is 0 Å². The monoisotopic (exact) mass is 187 g/mol. The second-order valence-corrected chi connectivity index (χ2v) is 11.0. The maximum Gasteiger partial charge on any atom is 0.0448 e. The molecular formula is C10H25NSi. The van der Waals surface area contributed by atoms with E-state index >= 15 is 0 Å².